The third-order valence-electron chi connectivity index (χ3n) is 3.68. The van der Waals surface area contributed by atoms with Crippen LogP contribution in [0.1, 0.15) is 12.1 Å². The molecule has 0 atom stereocenters. The molecule has 0 radical (unpaired) electrons. The normalized spacial score (nSPS) is 12.0. The summed E-state index contributed by atoms with van der Waals surface area (Å²) in [5.74, 6) is -2.89. The van der Waals surface area contributed by atoms with E-state index in [1.807, 2.05) is 0 Å². The Hall–Kier alpha value is -1.76. The summed E-state index contributed by atoms with van der Waals surface area (Å²) in [4.78, 5) is -1.30. The number of nitrogens with two attached hydrogens (primary N) is 1. The van der Waals surface area contributed by atoms with E-state index in [2.05, 4.69) is 37.0 Å². The molecule has 5 nitrogen and oxygen atoms in total. The van der Waals surface area contributed by atoms with Crippen LogP contribution in [-0.2, 0) is 10.0 Å². The zero-order valence-corrected chi connectivity index (χ0v) is 17.5. The lowest BCUT2D eigenvalue weighted by Gasteiger charge is -2.10. The van der Waals surface area contributed by atoms with E-state index in [9.17, 15) is 26.0 Å². The highest BCUT2D eigenvalue weighted by Gasteiger charge is 2.24. The van der Waals surface area contributed by atoms with Crippen LogP contribution in [-0.4, -0.2) is 18.2 Å². The number of primary sulfonamides is 1. The molecule has 1 heterocycles. The third kappa shape index (κ3) is 4.00. The van der Waals surface area contributed by atoms with Crippen LogP contribution in [0, 0.1) is 11.6 Å². The molecule has 148 valence electrons. The number of aromatic nitrogens is 2. The summed E-state index contributed by atoms with van der Waals surface area (Å²) in [6, 6.07) is 7.08. The molecule has 0 saturated heterocycles. The van der Waals surface area contributed by atoms with Crippen molar-refractivity contribution in [1.82, 2.24) is 9.78 Å². The zero-order valence-electron chi connectivity index (χ0n) is 13.5. The van der Waals surface area contributed by atoms with Gasteiger partial charge in [-0.1, -0.05) is 0 Å². The van der Waals surface area contributed by atoms with E-state index in [-0.39, 0.29) is 11.3 Å². The van der Waals surface area contributed by atoms with E-state index in [1.54, 1.807) is 18.2 Å². The zero-order chi connectivity index (χ0) is 20.8. The Morgan fingerprint density at radius 2 is 1.61 bits per heavy atom. The summed E-state index contributed by atoms with van der Waals surface area (Å²) >= 11 is 6.55. The molecular weight excluding hydrogens is 534 g/mol. The van der Waals surface area contributed by atoms with Gasteiger partial charge in [-0.25, -0.2) is 35.8 Å². The number of nitrogens with zero attached hydrogens (tertiary/aromatic N) is 2. The van der Waals surface area contributed by atoms with Gasteiger partial charge in [-0.3, -0.25) is 0 Å². The SMILES string of the molecule is NS(=O)(=O)c1c(F)cc(-c2cc(C(F)F)nn2-c2ccc(Br)c(Br)c2)cc1F. The predicted molar refractivity (Wildman–Crippen MR) is 101 cm³/mol. The molecule has 0 bridgehead atoms. The second-order valence-electron chi connectivity index (χ2n) is 5.58. The Kier molecular flexibility index (Phi) is 5.67. The fourth-order valence-electron chi connectivity index (χ4n) is 2.50. The van der Waals surface area contributed by atoms with Gasteiger partial charge in [0, 0.05) is 14.5 Å². The average molecular weight is 543 g/mol. The van der Waals surface area contributed by atoms with Crippen LogP contribution in [0.25, 0.3) is 16.9 Å². The van der Waals surface area contributed by atoms with Gasteiger partial charge in [0.1, 0.15) is 17.3 Å². The fraction of sp³-hybridized carbons (Fsp3) is 0.0625. The van der Waals surface area contributed by atoms with E-state index in [1.165, 1.54) is 0 Å². The molecule has 0 aliphatic heterocycles. The summed E-state index contributed by atoms with van der Waals surface area (Å²) in [5, 5.41) is 8.61. The summed E-state index contributed by atoms with van der Waals surface area (Å²) in [7, 11) is -4.65. The standard InChI is InChI=1S/C16H9Br2F4N3O2S/c17-9-2-1-8(5-10(9)18)25-14(6-13(24-25)16(21)22)7-3-11(19)15(12(20)4-7)28(23,26)27/h1-6,16H,(H2,23,26,27). The van der Waals surface area contributed by atoms with E-state index < -0.39 is 38.7 Å². The Bertz CT molecular complexity index is 1160. The second kappa shape index (κ2) is 7.58. The maximum atomic E-state index is 14.2. The minimum Gasteiger partial charge on any atom is -0.233 e. The van der Waals surface area contributed by atoms with Crippen LogP contribution < -0.4 is 5.14 Å². The van der Waals surface area contributed by atoms with Crippen molar-refractivity contribution in [1.29, 1.82) is 0 Å². The van der Waals surface area contributed by atoms with Crippen molar-refractivity contribution in [2.24, 2.45) is 5.14 Å². The first-order valence-electron chi connectivity index (χ1n) is 7.35. The smallest absolute Gasteiger partial charge is 0.233 e. The fourth-order valence-corrected chi connectivity index (χ4v) is 3.78. The van der Waals surface area contributed by atoms with Gasteiger partial charge >= 0.3 is 0 Å². The molecular formula is C16H9Br2F4N3O2S. The molecule has 0 spiro atoms. The third-order valence-corrected chi connectivity index (χ3v) is 6.52. The molecule has 12 heteroatoms. The number of hydrogen-bond acceptors (Lipinski definition) is 3. The lowest BCUT2D eigenvalue weighted by Crippen LogP contribution is -2.16. The molecule has 2 N–H and O–H groups in total. The quantitative estimate of drug-likeness (QED) is 0.475. The van der Waals surface area contributed by atoms with Gasteiger partial charge in [-0.05, 0) is 68.3 Å². The maximum Gasteiger partial charge on any atom is 0.282 e. The molecule has 0 saturated carbocycles. The van der Waals surface area contributed by atoms with Gasteiger partial charge in [0.25, 0.3) is 6.43 Å². The topological polar surface area (TPSA) is 78.0 Å². The lowest BCUT2D eigenvalue weighted by atomic mass is 10.1. The number of benzene rings is 2. The molecule has 0 aliphatic carbocycles. The number of hydrogen-bond donors (Lipinski definition) is 1. The first-order valence-corrected chi connectivity index (χ1v) is 10.5. The Labute approximate surface area is 173 Å². The van der Waals surface area contributed by atoms with Crippen LogP contribution in [0.4, 0.5) is 17.6 Å². The molecule has 3 rings (SSSR count). The Morgan fingerprint density at radius 1 is 1.00 bits per heavy atom. The molecule has 0 unspecified atom stereocenters. The van der Waals surface area contributed by atoms with Gasteiger partial charge in [-0.15, -0.1) is 0 Å². The predicted octanol–water partition coefficient (Wildman–Crippen LogP) is 4.93. The number of rotatable bonds is 4. The number of sulfonamides is 1. The van der Waals surface area contributed by atoms with Crippen molar-refractivity contribution in [3.8, 4) is 16.9 Å². The van der Waals surface area contributed by atoms with Crippen molar-refractivity contribution in [2.45, 2.75) is 11.3 Å². The first-order chi connectivity index (χ1) is 13.0. The maximum absolute atomic E-state index is 14.2. The largest absolute Gasteiger partial charge is 0.282 e. The summed E-state index contributed by atoms with van der Waals surface area (Å²) in [6.07, 6.45) is -2.93. The van der Waals surface area contributed by atoms with Gasteiger partial charge in [0.2, 0.25) is 10.0 Å². The number of alkyl halides is 2. The monoisotopic (exact) mass is 541 g/mol. The summed E-state index contributed by atoms with van der Waals surface area (Å²) < 4.78 is 79.8. The highest BCUT2D eigenvalue weighted by atomic mass is 79.9. The Balaban J connectivity index is 2.26. The van der Waals surface area contributed by atoms with Gasteiger partial charge < -0.3 is 0 Å². The first kappa shape index (κ1) is 21.0. The van der Waals surface area contributed by atoms with Crippen molar-refractivity contribution in [3.63, 3.8) is 0 Å². The summed E-state index contributed by atoms with van der Waals surface area (Å²) in [6.45, 7) is 0. The molecule has 0 aliphatic rings. The minimum absolute atomic E-state index is 0.0664. The Morgan fingerprint density at radius 3 is 2.11 bits per heavy atom. The highest BCUT2D eigenvalue weighted by Crippen LogP contribution is 2.33. The second-order valence-corrected chi connectivity index (χ2v) is 8.79. The van der Waals surface area contributed by atoms with Crippen molar-refractivity contribution in [2.75, 3.05) is 0 Å². The van der Waals surface area contributed by atoms with Crippen LogP contribution in [0.5, 0.6) is 0 Å². The lowest BCUT2D eigenvalue weighted by molar-refractivity contribution is 0.145. The molecule has 0 fully saturated rings. The van der Waals surface area contributed by atoms with E-state index >= 15 is 0 Å². The minimum atomic E-state index is -4.65. The van der Waals surface area contributed by atoms with Crippen LogP contribution >= 0.6 is 31.9 Å². The molecule has 0 amide bonds. The van der Waals surface area contributed by atoms with Crippen LogP contribution in [0.3, 0.4) is 0 Å². The van der Waals surface area contributed by atoms with Gasteiger partial charge in [0.05, 0.1) is 11.4 Å². The molecule has 2 aromatic carbocycles. The number of halogens is 6. The van der Waals surface area contributed by atoms with Gasteiger partial charge in [-0.2, -0.15) is 5.10 Å². The van der Waals surface area contributed by atoms with Crippen molar-refractivity contribution in [3.05, 3.63) is 62.7 Å². The van der Waals surface area contributed by atoms with Crippen molar-refractivity contribution >= 4 is 41.9 Å². The van der Waals surface area contributed by atoms with Crippen LogP contribution in [0.2, 0.25) is 0 Å². The van der Waals surface area contributed by atoms with Gasteiger partial charge in [0.15, 0.2) is 4.90 Å². The average Bonchev–Trinajstić information content (AvgIpc) is 3.01. The van der Waals surface area contributed by atoms with E-state index in [4.69, 9.17) is 5.14 Å². The molecule has 1 aromatic heterocycles. The van der Waals surface area contributed by atoms with E-state index in [0.717, 1.165) is 10.7 Å². The molecule has 3 aromatic rings. The van der Waals surface area contributed by atoms with Crippen LogP contribution in [0.15, 0.2) is 50.2 Å². The summed E-state index contributed by atoms with van der Waals surface area (Å²) in [5.41, 5.74) is -0.553. The van der Waals surface area contributed by atoms with Crippen molar-refractivity contribution < 1.29 is 26.0 Å². The van der Waals surface area contributed by atoms with E-state index in [0.29, 0.717) is 26.8 Å². The highest BCUT2D eigenvalue weighted by molar-refractivity contribution is 9.13. The molecule has 28 heavy (non-hydrogen) atoms.